The first kappa shape index (κ1) is 31.3. The third-order valence-corrected chi connectivity index (χ3v) is 7.37. The zero-order valence-corrected chi connectivity index (χ0v) is 24.9. The molecule has 1 aliphatic carbocycles. The topological polar surface area (TPSA) is 146 Å². The molecule has 0 spiro atoms. The van der Waals surface area contributed by atoms with Crippen molar-refractivity contribution in [2.45, 2.75) is 51.6 Å². The predicted molar refractivity (Wildman–Crippen MR) is 159 cm³/mol. The van der Waals surface area contributed by atoms with Crippen molar-refractivity contribution in [3.8, 4) is 0 Å². The van der Waals surface area contributed by atoms with Crippen molar-refractivity contribution in [1.82, 2.24) is 25.5 Å². The molecule has 42 heavy (non-hydrogen) atoms. The van der Waals surface area contributed by atoms with Gasteiger partial charge in [0.1, 0.15) is 5.69 Å². The summed E-state index contributed by atoms with van der Waals surface area (Å²) in [6.45, 7) is 7.23. The lowest BCUT2D eigenvalue weighted by molar-refractivity contribution is 0.0280. The van der Waals surface area contributed by atoms with E-state index < -0.39 is 11.6 Å². The molecule has 3 amide bonds. The Labute approximate surface area is 249 Å². The Morgan fingerprint density at radius 3 is 2.55 bits per heavy atom. The fourth-order valence-corrected chi connectivity index (χ4v) is 5.18. The van der Waals surface area contributed by atoms with E-state index in [0.717, 1.165) is 35.9 Å². The second-order valence-electron chi connectivity index (χ2n) is 11.1. The standard InChI is InChI=1S/C30H38ClN5O6/c1-30(2,3)36(29(39)40)12-14-42-16-15-41-13-11-32-27(37)19-7-9-25(33-18-19)28(38)35-24-6-4-5-21-22-17-20(31)8-10-23(22)34-26(21)24/h7-10,17-18,24,34H,4-6,11-16H2,1-3H3,(H,32,37)(H,35,38)(H,39,40). The van der Waals surface area contributed by atoms with Gasteiger partial charge in [0.25, 0.3) is 11.8 Å². The van der Waals surface area contributed by atoms with Gasteiger partial charge in [-0.2, -0.15) is 0 Å². The van der Waals surface area contributed by atoms with Crippen LogP contribution in [0.25, 0.3) is 10.9 Å². The number of H-pyrrole nitrogens is 1. The van der Waals surface area contributed by atoms with Gasteiger partial charge in [0, 0.05) is 46.4 Å². The third kappa shape index (κ3) is 7.99. The van der Waals surface area contributed by atoms with Crippen molar-refractivity contribution in [3.05, 3.63) is 64.1 Å². The highest BCUT2D eigenvalue weighted by Gasteiger charge is 2.27. The van der Waals surface area contributed by atoms with Crippen LogP contribution in [-0.2, 0) is 15.9 Å². The SMILES string of the molecule is CC(C)(C)N(CCOCCOCCNC(=O)c1ccc(C(=O)NC2CCCc3c2[nH]c2ccc(Cl)cc32)nc1)C(=O)O. The van der Waals surface area contributed by atoms with E-state index in [9.17, 15) is 19.5 Å². The fourth-order valence-electron chi connectivity index (χ4n) is 5.01. The Kier molecular flexibility index (Phi) is 10.4. The summed E-state index contributed by atoms with van der Waals surface area (Å²) in [6, 6.07) is 8.70. The van der Waals surface area contributed by atoms with Gasteiger partial charge >= 0.3 is 6.09 Å². The molecule has 0 radical (unpaired) electrons. The molecule has 2 aromatic heterocycles. The highest BCUT2D eigenvalue weighted by Crippen LogP contribution is 2.35. The Hall–Kier alpha value is -3.67. The molecule has 226 valence electrons. The normalized spacial score (nSPS) is 14.8. The quantitative estimate of drug-likeness (QED) is 0.223. The number of fused-ring (bicyclic) bond motifs is 3. The average Bonchev–Trinajstić information content (AvgIpc) is 3.32. The summed E-state index contributed by atoms with van der Waals surface area (Å²) in [6.07, 6.45) is 3.09. The lowest BCUT2D eigenvalue weighted by Crippen LogP contribution is -2.46. The number of nitrogens with one attached hydrogen (secondary N) is 3. The minimum absolute atomic E-state index is 0.162. The first-order chi connectivity index (χ1) is 20.0. The van der Waals surface area contributed by atoms with Crippen molar-refractivity contribution in [1.29, 1.82) is 0 Å². The second kappa shape index (κ2) is 14.0. The number of halogens is 1. The molecule has 1 atom stereocenters. The van der Waals surface area contributed by atoms with Gasteiger partial charge < -0.3 is 35.1 Å². The molecule has 4 rings (SSSR count). The molecule has 1 unspecified atom stereocenters. The van der Waals surface area contributed by atoms with Crippen LogP contribution in [0.1, 0.15) is 71.8 Å². The molecule has 0 saturated carbocycles. The van der Waals surface area contributed by atoms with Crippen LogP contribution in [0.15, 0.2) is 36.5 Å². The number of hydrogen-bond acceptors (Lipinski definition) is 6. The van der Waals surface area contributed by atoms with Crippen molar-refractivity contribution in [2.24, 2.45) is 0 Å². The Balaban J connectivity index is 1.16. The lowest BCUT2D eigenvalue weighted by Gasteiger charge is -2.32. The van der Waals surface area contributed by atoms with Crippen LogP contribution >= 0.6 is 11.6 Å². The van der Waals surface area contributed by atoms with Crippen LogP contribution in [-0.4, -0.2) is 82.9 Å². The van der Waals surface area contributed by atoms with Gasteiger partial charge in [0.15, 0.2) is 0 Å². The maximum Gasteiger partial charge on any atom is 0.407 e. The number of ether oxygens (including phenoxy) is 2. The van der Waals surface area contributed by atoms with Crippen LogP contribution in [0.4, 0.5) is 4.79 Å². The summed E-state index contributed by atoms with van der Waals surface area (Å²) < 4.78 is 10.9. The van der Waals surface area contributed by atoms with E-state index in [0.29, 0.717) is 23.8 Å². The van der Waals surface area contributed by atoms with Gasteiger partial charge in [-0.3, -0.25) is 14.6 Å². The van der Waals surface area contributed by atoms with E-state index in [-0.39, 0.29) is 49.9 Å². The molecule has 1 aromatic carbocycles. The Morgan fingerprint density at radius 1 is 1.10 bits per heavy atom. The van der Waals surface area contributed by atoms with E-state index in [2.05, 4.69) is 20.6 Å². The van der Waals surface area contributed by atoms with Gasteiger partial charge in [0.05, 0.1) is 38.0 Å². The minimum atomic E-state index is -0.985. The number of benzene rings is 1. The highest BCUT2D eigenvalue weighted by atomic mass is 35.5. The van der Waals surface area contributed by atoms with E-state index in [1.165, 1.54) is 22.7 Å². The molecule has 11 nitrogen and oxygen atoms in total. The van der Waals surface area contributed by atoms with Crippen LogP contribution < -0.4 is 10.6 Å². The number of aromatic nitrogens is 2. The van der Waals surface area contributed by atoms with Gasteiger partial charge in [-0.15, -0.1) is 0 Å². The second-order valence-corrected chi connectivity index (χ2v) is 11.6. The molecule has 12 heteroatoms. The summed E-state index contributed by atoms with van der Waals surface area (Å²) in [5, 5.41) is 16.9. The number of amides is 3. The zero-order chi connectivity index (χ0) is 30.3. The average molecular weight is 600 g/mol. The summed E-state index contributed by atoms with van der Waals surface area (Å²) in [5.41, 5.74) is 3.25. The Morgan fingerprint density at radius 2 is 1.86 bits per heavy atom. The number of aryl methyl sites for hydroxylation is 1. The molecule has 0 bridgehead atoms. The Bertz CT molecular complexity index is 1400. The molecule has 0 fully saturated rings. The lowest BCUT2D eigenvalue weighted by atomic mass is 9.91. The minimum Gasteiger partial charge on any atom is -0.465 e. The maximum absolute atomic E-state index is 13.0. The van der Waals surface area contributed by atoms with Crippen LogP contribution in [0.5, 0.6) is 0 Å². The van der Waals surface area contributed by atoms with Crippen LogP contribution in [0.3, 0.4) is 0 Å². The monoisotopic (exact) mass is 599 g/mol. The number of rotatable bonds is 12. The molecular formula is C30H38ClN5O6. The van der Waals surface area contributed by atoms with Gasteiger partial charge in [-0.1, -0.05) is 11.6 Å². The predicted octanol–water partition coefficient (Wildman–Crippen LogP) is 4.57. The summed E-state index contributed by atoms with van der Waals surface area (Å²) in [7, 11) is 0. The van der Waals surface area contributed by atoms with E-state index in [1.54, 1.807) is 6.07 Å². The molecule has 0 aliphatic heterocycles. The smallest absolute Gasteiger partial charge is 0.407 e. The van der Waals surface area contributed by atoms with Gasteiger partial charge in [-0.25, -0.2) is 4.79 Å². The number of carbonyl (C=O) groups excluding carboxylic acids is 2. The number of carbonyl (C=O) groups is 3. The van der Waals surface area contributed by atoms with Crippen LogP contribution in [0, 0.1) is 0 Å². The van der Waals surface area contributed by atoms with Crippen molar-refractivity contribution in [3.63, 3.8) is 0 Å². The number of hydrogen-bond donors (Lipinski definition) is 4. The molecule has 1 aliphatic rings. The molecule has 3 aromatic rings. The van der Waals surface area contributed by atoms with Gasteiger partial charge in [0.2, 0.25) is 0 Å². The number of pyridine rings is 1. The first-order valence-corrected chi connectivity index (χ1v) is 14.4. The van der Waals surface area contributed by atoms with E-state index in [1.807, 2.05) is 39.0 Å². The number of aromatic amines is 1. The summed E-state index contributed by atoms with van der Waals surface area (Å²) in [4.78, 5) is 45.7. The van der Waals surface area contributed by atoms with E-state index >= 15 is 0 Å². The highest BCUT2D eigenvalue weighted by molar-refractivity contribution is 6.31. The molecule has 0 saturated heterocycles. The fraction of sp³-hybridized carbons (Fsp3) is 0.467. The molecule has 2 heterocycles. The van der Waals surface area contributed by atoms with Crippen molar-refractivity contribution in [2.75, 3.05) is 39.5 Å². The first-order valence-electron chi connectivity index (χ1n) is 14.1. The third-order valence-electron chi connectivity index (χ3n) is 7.14. The van der Waals surface area contributed by atoms with Crippen molar-refractivity contribution < 1.29 is 29.0 Å². The summed E-state index contributed by atoms with van der Waals surface area (Å²) >= 11 is 6.20. The van der Waals surface area contributed by atoms with Crippen LogP contribution in [0.2, 0.25) is 5.02 Å². The molecular weight excluding hydrogens is 562 g/mol. The van der Waals surface area contributed by atoms with Gasteiger partial charge in [-0.05, 0) is 75.9 Å². The number of carboxylic acid groups (broad SMARTS) is 1. The number of nitrogens with zero attached hydrogens (tertiary/aromatic N) is 2. The van der Waals surface area contributed by atoms with Crippen molar-refractivity contribution >= 4 is 40.4 Å². The van der Waals surface area contributed by atoms with E-state index in [4.69, 9.17) is 21.1 Å². The molecule has 4 N–H and O–H groups in total. The zero-order valence-electron chi connectivity index (χ0n) is 24.2. The summed E-state index contributed by atoms with van der Waals surface area (Å²) in [5.74, 6) is -0.625. The largest absolute Gasteiger partial charge is 0.465 e. The maximum atomic E-state index is 13.0.